The number of carbonyl (C=O) groups excluding carboxylic acids is 1. The van der Waals surface area contributed by atoms with Gasteiger partial charge in [0, 0.05) is 29.7 Å². The van der Waals surface area contributed by atoms with E-state index in [1.807, 2.05) is 23.2 Å². The number of piperidine rings is 1. The molecule has 1 saturated carbocycles. The van der Waals surface area contributed by atoms with Gasteiger partial charge in [-0.3, -0.25) is 15.1 Å². The van der Waals surface area contributed by atoms with Gasteiger partial charge in [0.2, 0.25) is 5.88 Å². The SMILES string of the molecule is O=C(NC1=CN(NC2CCCCC2N[C@H]2CCCN[C@@H]2c2ccc(C(F)(F)F)cc2)CO1)c1ccccc1. The van der Waals surface area contributed by atoms with Gasteiger partial charge in [-0.1, -0.05) is 43.2 Å². The van der Waals surface area contributed by atoms with Crippen molar-refractivity contribution in [1.82, 2.24) is 26.4 Å². The summed E-state index contributed by atoms with van der Waals surface area (Å²) in [5.41, 5.74) is 4.35. The highest BCUT2D eigenvalue weighted by Gasteiger charge is 2.34. The Labute approximate surface area is 220 Å². The number of halogens is 3. The molecule has 1 amide bonds. The second-order valence-electron chi connectivity index (χ2n) is 10.2. The fourth-order valence-corrected chi connectivity index (χ4v) is 5.54. The van der Waals surface area contributed by atoms with Gasteiger partial charge in [0.1, 0.15) is 0 Å². The van der Waals surface area contributed by atoms with Crippen molar-refractivity contribution in [1.29, 1.82) is 0 Å². The zero-order valence-corrected chi connectivity index (χ0v) is 21.1. The highest BCUT2D eigenvalue weighted by atomic mass is 19.4. The molecule has 2 aliphatic heterocycles. The molecule has 0 bridgehead atoms. The topological polar surface area (TPSA) is 77.7 Å². The average molecular weight is 530 g/mol. The van der Waals surface area contributed by atoms with Crippen LogP contribution in [0.25, 0.3) is 0 Å². The molecule has 0 aromatic heterocycles. The van der Waals surface area contributed by atoms with E-state index in [0.29, 0.717) is 11.4 Å². The number of nitrogens with one attached hydrogen (secondary N) is 4. The Morgan fingerprint density at radius 2 is 1.63 bits per heavy atom. The zero-order valence-electron chi connectivity index (χ0n) is 21.1. The van der Waals surface area contributed by atoms with Gasteiger partial charge in [-0.15, -0.1) is 0 Å². The van der Waals surface area contributed by atoms with Gasteiger partial charge in [-0.2, -0.15) is 13.2 Å². The van der Waals surface area contributed by atoms with Crippen molar-refractivity contribution >= 4 is 5.91 Å². The van der Waals surface area contributed by atoms with Crippen LogP contribution in [0.1, 0.15) is 66.1 Å². The molecular formula is C28H34F3N5O2. The molecule has 4 atom stereocenters. The van der Waals surface area contributed by atoms with Crippen LogP contribution in [0, 0.1) is 0 Å². The van der Waals surface area contributed by atoms with Gasteiger partial charge in [-0.25, -0.2) is 5.43 Å². The van der Waals surface area contributed by atoms with Gasteiger partial charge < -0.3 is 15.4 Å². The third-order valence-electron chi connectivity index (χ3n) is 7.49. The molecule has 2 heterocycles. The van der Waals surface area contributed by atoms with Gasteiger partial charge >= 0.3 is 6.18 Å². The molecule has 2 aromatic carbocycles. The predicted molar refractivity (Wildman–Crippen MR) is 137 cm³/mol. The Kier molecular flexibility index (Phi) is 8.21. The third-order valence-corrected chi connectivity index (χ3v) is 7.49. The lowest BCUT2D eigenvalue weighted by atomic mass is 9.86. The fourth-order valence-electron chi connectivity index (χ4n) is 5.54. The summed E-state index contributed by atoms with van der Waals surface area (Å²) in [6.45, 7) is 1.12. The van der Waals surface area contributed by atoms with Crippen LogP contribution in [0.3, 0.4) is 0 Å². The summed E-state index contributed by atoms with van der Waals surface area (Å²) in [5.74, 6) is 0.167. The van der Waals surface area contributed by atoms with Crippen molar-refractivity contribution in [2.45, 2.75) is 68.9 Å². The van der Waals surface area contributed by atoms with Crippen molar-refractivity contribution in [3.05, 3.63) is 83.4 Å². The Hall–Kier alpha value is -3.08. The van der Waals surface area contributed by atoms with Crippen LogP contribution in [0.5, 0.6) is 0 Å². The second kappa shape index (κ2) is 11.8. The number of hydrogen-bond donors (Lipinski definition) is 4. The largest absolute Gasteiger partial charge is 0.455 e. The number of rotatable bonds is 7. The lowest BCUT2D eigenvalue weighted by Crippen LogP contribution is -2.58. The van der Waals surface area contributed by atoms with Gasteiger partial charge in [0.15, 0.2) is 6.73 Å². The summed E-state index contributed by atoms with van der Waals surface area (Å²) in [6, 6.07) is 14.9. The summed E-state index contributed by atoms with van der Waals surface area (Å²) in [6.07, 6.45) is 3.59. The summed E-state index contributed by atoms with van der Waals surface area (Å²) in [4.78, 5) is 12.4. The monoisotopic (exact) mass is 529 g/mol. The molecule has 5 rings (SSSR count). The first-order chi connectivity index (χ1) is 18.4. The third kappa shape index (κ3) is 6.48. The quantitative estimate of drug-likeness (QED) is 0.426. The van der Waals surface area contributed by atoms with Crippen molar-refractivity contribution < 1.29 is 22.7 Å². The number of nitrogens with zero attached hydrogens (tertiary/aromatic N) is 1. The zero-order chi connectivity index (χ0) is 26.5. The smallest absolute Gasteiger partial charge is 0.416 e. The number of alkyl halides is 3. The van der Waals surface area contributed by atoms with E-state index in [0.717, 1.165) is 50.6 Å². The molecule has 7 nitrogen and oxygen atoms in total. The number of hydrogen-bond acceptors (Lipinski definition) is 6. The lowest BCUT2D eigenvalue weighted by Gasteiger charge is -2.41. The van der Waals surface area contributed by atoms with Gasteiger partial charge in [0.25, 0.3) is 5.91 Å². The van der Waals surface area contributed by atoms with Crippen molar-refractivity contribution in [2.75, 3.05) is 13.3 Å². The maximum absolute atomic E-state index is 13.0. The molecule has 2 unspecified atom stereocenters. The molecule has 1 aliphatic carbocycles. The van der Waals surface area contributed by atoms with Crippen LogP contribution in [-0.2, 0) is 10.9 Å². The summed E-state index contributed by atoms with van der Waals surface area (Å²) in [7, 11) is 0. The molecular weight excluding hydrogens is 495 g/mol. The first-order valence-electron chi connectivity index (χ1n) is 13.3. The lowest BCUT2D eigenvalue weighted by molar-refractivity contribution is -0.137. The molecule has 2 aromatic rings. The van der Waals surface area contributed by atoms with Gasteiger partial charge in [-0.05, 0) is 62.1 Å². The molecule has 204 valence electrons. The van der Waals surface area contributed by atoms with Crippen LogP contribution in [-0.4, -0.2) is 42.3 Å². The second-order valence-corrected chi connectivity index (χ2v) is 10.2. The van der Waals surface area contributed by atoms with E-state index in [1.165, 1.54) is 12.1 Å². The van der Waals surface area contributed by atoms with E-state index >= 15 is 0 Å². The Balaban J connectivity index is 1.21. The molecule has 2 fully saturated rings. The number of carbonyl (C=O) groups is 1. The molecule has 4 N–H and O–H groups in total. The molecule has 0 spiro atoms. The Morgan fingerprint density at radius 3 is 2.37 bits per heavy atom. The molecule has 0 radical (unpaired) electrons. The Bertz CT molecular complexity index is 1110. The van der Waals surface area contributed by atoms with Crippen molar-refractivity contribution in [3.8, 4) is 0 Å². The minimum Gasteiger partial charge on any atom is -0.455 e. The predicted octanol–water partition coefficient (Wildman–Crippen LogP) is 4.42. The number of hydrazine groups is 1. The number of ether oxygens (including phenoxy) is 1. The molecule has 38 heavy (non-hydrogen) atoms. The van der Waals surface area contributed by atoms with E-state index in [4.69, 9.17) is 4.74 Å². The fraction of sp³-hybridized carbons (Fsp3) is 0.464. The van der Waals surface area contributed by atoms with Crippen LogP contribution in [0.4, 0.5) is 13.2 Å². The van der Waals surface area contributed by atoms with Crippen LogP contribution in [0.2, 0.25) is 0 Å². The van der Waals surface area contributed by atoms with E-state index in [-0.39, 0.29) is 36.8 Å². The number of amides is 1. The molecule has 10 heteroatoms. The van der Waals surface area contributed by atoms with E-state index < -0.39 is 11.7 Å². The summed E-state index contributed by atoms with van der Waals surface area (Å²) < 4.78 is 44.8. The highest BCUT2D eigenvalue weighted by molar-refractivity contribution is 5.95. The first kappa shape index (κ1) is 26.5. The van der Waals surface area contributed by atoms with Crippen LogP contribution < -0.4 is 21.4 Å². The first-order valence-corrected chi connectivity index (χ1v) is 13.3. The van der Waals surface area contributed by atoms with Crippen molar-refractivity contribution in [2.24, 2.45) is 0 Å². The standard InChI is InChI=1S/C28H34F3N5O2/c29-28(30,31)21-14-12-19(13-15-21)26-24(11-6-16-32-26)33-22-9-4-5-10-23(22)35-36-17-25(38-18-36)34-27(37)20-7-2-1-3-8-20/h1-3,7-8,12-15,17,22-24,26,32-33,35H,4-6,9-11,16,18H2,(H,34,37)/t22?,23?,24-,26+/m0/s1. The highest BCUT2D eigenvalue weighted by Crippen LogP contribution is 2.32. The van der Waals surface area contributed by atoms with Gasteiger partial charge in [0.05, 0.1) is 11.8 Å². The van der Waals surface area contributed by atoms with E-state index in [1.54, 1.807) is 30.5 Å². The summed E-state index contributed by atoms with van der Waals surface area (Å²) >= 11 is 0. The van der Waals surface area contributed by atoms with Crippen LogP contribution in [0.15, 0.2) is 66.7 Å². The maximum Gasteiger partial charge on any atom is 0.416 e. The molecule has 1 saturated heterocycles. The minimum absolute atomic E-state index is 0.0524. The minimum atomic E-state index is -4.34. The summed E-state index contributed by atoms with van der Waals surface area (Å²) in [5, 5.41) is 12.0. The van der Waals surface area contributed by atoms with E-state index in [9.17, 15) is 18.0 Å². The average Bonchev–Trinajstić information content (AvgIpc) is 3.37. The normalized spacial score (nSPS) is 26.0. The number of benzene rings is 2. The Morgan fingerprint density at radius 1 is 0.921 bits per heavy atom. The van der Waals surface area contributed by atoms with Crippen molar-refractivity contribution in [3.63, 3.8) is 0 Å². The van der Waals surface area contributed by atoms with E-state index in [2.05, 4.69) is 21.4 Å². The molecule has 3 aliphatic rings. The maximum atomic E-state index is 13.0. The van der Waals surface area contributed by atoms with Crippen LogP contribution >= 0.6 is 0 Å².